The summed E-state index contributed by atoms with van der Waals surface area (Å²) in [5, 5.41) is 7.70. The SMILES string of the molecule is CC1(C)c2ccc3ccccc3c2-c2cccc(-c3cccc(-c4c5ccccc5c(-c5ccccc5-c5ccccc5)c5ccccc45)c3)c21. The Morgan fingerprint density at radius 2 is 0.824 bits per heavy atom. The van der Waals surface area contributed by atoms with E-state index in [1.807, 2.05) is 0 Å². The first kappa shape index (κ1) is 29.7. The zero-order valence-corrected chi connectivity index (χ0v) is 28.8. The number of fused-ring (bicyclic) bond motifs is 7. The topological polar surface area (TPSA) is 0 Å². The lowest BCUT2D eigenvalue weighted by atomic mass is 9.78. The molecule has 0 saturated carbocycles. The average Bonchev–Trinajstić information content (AvgIpc) is 3.43. The van der Waals surface area contributed by atoms with Crippen molar-refractivity contribution >= 4 is 32.3 Å². The Hall–Kier alpha value is -6.24. The van der Waals surface area contributed by atoms with Crippen molar-refractivity contribution in [1.29, 1.82) is 0 Å². The molecule has 0 amide bonds. The molecule has 1 aliphatic carbocycles. The number of rotatable bonds is 4. The summed E-state index contributed by atoms with van der Waals surface area (Å²) in [6, 6.07) is 67.2. The van der Waals surface area contributed by atoms with Gasteiger partial charge in [0.25, 0.3) is 0 Å². The Balaban J connectivity index is 1.21. The summed E-state index contributed by atoms with van der Waals surface area (Å²) < 4.78 is 0. The summed E-state index contributed by atoms with van der Waals surface area (Å²) in [5.41, 5.74) is 15.5. The van der Waals surface area contributed by atoms with Crippen molar-refractivity contribution in [2.75, 3.05) is 0 Å². The first-order valence-electron chi connectivity index (χ1n) is 17.9. The Bertz CT molecular complexity index is 2760. The van der Waals surface area contributed by atoms with E-state index in [4.69, 9.17) is 0 Å². The Labute approximate surface area is 299 Å². The standard InChI is InChI=1S/C51H36/c1-51(2)46-31-30-34-18-6-7-22-38(34)49(46)45-29-15-28-39(50(45)51)35-19-14-20-36(32-35)47-41-24-10-12-26-43(41)48(44-27-13-11-25-42(44)47)40-23-9-8-21-37(40)33-16-4-3-5-17-33/h3-32H,1-2H3. The zero-order chi connectivity index (χ0) is 34.1. The van der Waals surface area contributed by atoms with Crippen molar-refractivity contribution in [2.45, 2.75) is 19.3 Å². The molecule has 0 unspecified atom stereocenters. The molecule has 9 aromatic rings. The van der Waals surface area contributed by atoms with Crippen LogP contribution in [-0.2, 0) is 5.41 Å². The molecule has 0 fully saturated rings. The molecule has 0 aromatic heterocycles. The number of hydrogen-bond donors (Lipinski definition) is 0. The van der Waals surface area contributed by atoms with E-state index in [0.717, 1.165) is 0 Å². The van der Waals surface area contributed by atoms with E-state index in [2.05, 4.69) is 196 Å². The highest BCUT2D eigenvalue weighted by Crippen LogP contribution is 2.54. The van der Waals surface area contributed by atoms with Gasteiger partial charge in [-0.1, -0.05) is 190 Å². The largest absolute Gasteiger partial charge is 0.0622 e. The lowest BCUT2D eigenvalue weighted by Gasteiger charge is -2.25. The summed E-state index contributed by atoms with van der Waals surface area (Å²) in [7, 11) is 0. The minimum atomic E-state index is -0.130. The molecule has 1 aliphatic rings. The third-order valence-corrected chi connectivity index (χ3v) is 11.2. The molecular formula is C51H36. The summed E-state index contributed by atoms with van der Waals surface area (Å²) in [6.07, 6.45) is 0. The first-order chi connectivity index (χ1) is 25.1. The van der Waals surface area contributed by atoms with Crippen LogP contribution in [0.2, 0.25) is 0 Å². The smallest absolute Gasteiger partial charge is 0.0165 e. The molecule has 51 heavy (non-hydrogen) atoms. The first-order valence-corrected chi connectivity index (χ1v) is 17.9. The fourth-order valence-electron chi connectivity index (χ4n) is 9.03. The van der Waals surface area contributed by atoms with Gasteiger partial charge in [0, 0.05) is 5.41 Å². The van der Waals surface area contributed by atoms with Gasteiger partial charge in [0.2, 0.25) is 0 Å². The lowest BCUT2D eigenvalue weighted by molar-refractivity contribution is 0.662. The average molecular weight is 649 g/mol. The van der Waals surface area contributed by atoms with Gasteiger partial charge in [0.05, 0.1) is 0 Å². The van der Waals surface area contributed by atoms with Crippen molar-refractivity contribution in [3.8, 4) is 55.6 Å². The van der Waals surface area contributed by atoms with E-state index in [-0.39, 0.29) is 5.41 Å². The molecule has 0 radical (unpaired) electrons. The zero-order valence-electron chi connectivity index (χ0n) is 28.8. The predicted octanol–water partition coefficient (Wildman–Crippen LogP) is 14.1. The van der Waals surface area contributed by atoms with Crippen LogP contribution in [0, 0.1) is 0 Å². The molecule has 0 N–H and O–H groups in total. The number of benzene rings is 9. The minimum absolute atomic E-state index is 0.130. The maximum atomic E-state index is 2.43. The highest BCUT2D eigenvalue weighted by molar-refractivity contribution is 6.22. The van der Waals surface area contributed by atoms with Gasteiger partial charge in [-0.05, 0) is 105 Å². The Morgan fingerprint density at radius 3 is 1.55 bits per heavy atom. The van der Waals surface area contributed by atoms with Gasteiger partial charge in [-0.2, -0.15) is 0 Å². The molecule has 0 saturated heterocycles. The van der Waals surface area contributed by atoms with Gasteiger partial charge in [-0.25, -0.2) is 0 Å². The fourth-order valence-corrected chi connectivity index (χ4v) is 9.03. The molecule has 0 heteroatoms. The third kappa shape index (κ3) is 4.46. The number of hydrogen-bond acceptors (Lipinski definition) is 0. The van der Waals surface area contributed by atoms with Gasteiger partial charge in [-0.15, -0.1) is 0 Å². The maximum Gasteiger partial charge on any atom is 0.0165 e. The van der Waals surface area contributed by atoms with Crippen LogP contribution in [0.4, 0.5) is 0 Å². The highest BCUT2D eigenvalue weighted by Gasteiger charge is 2.38. The van der Waals surface area contributed by atoms with E-state index in [9.17, 15) is 0 Å². The summed E-state index contributed by atoms with van der Waals surface area (Å²) in [5.74, 6) is 0. The van der Waals surface area contributed by atoms with Crippen molar-refractivity contribution < 1.29 is 0 Å². The monoisotopic (exact) mass is 648 g/mol. The second-order valence-electron chi connectivity index (χ2n) is 14.4. The van der Waals surface area contributed by atoms with Crippen molar-refractivity contribution in [2.24, 2.45) is 0 Å². The lowest BCUT2D eigenvalue weighted by Crippen LogP contribution is -2.16. The second kappa shape index (κ2) is 11.4. The normalized spacial score (nSPS) is 13.1. The van der Waals surface area contributed by atoms with Crippen LogP contribution in [0.3, 0.4) is 0 Å². The van der Waals surface area contributed by atoms with Crippen molar-refractivity contribution in [3.63, 3.8) is 0 Å². The highest BCUT2D eigenvalue weighted by atomic mass is 14.4. The molecule has 0 bridgehead atoms. The van der Waals surface area contributed by atoms with Gasteiger partial charge in [-0.3, -0.25) is 0 Å². The van der Waals surface area contributed by atoms with E-state index in [1.54, 1.807) is 0 Å². The van der Waals surface area contributed by atoms with E-state index >= 15 is 0 Å². The van der Waals surface area contributed by atoms with E-state index in [0.29, 0.717) is 0 Å². The van der Waals surface area contributed by atoms with Gasteiger partial charge < -0.3 is 0 Å². The molecule has 10 rings (SSSR count). The molecule has 0 nitrogen and oxygen atoms in total. The van der Waals surface area contributed by atoms with Gasteiger partial charge in [0.15, 0.2) is 0 Å². The Morgan fingerprint density at radius 1 is 0.314 bits per heavy atom. The second-order valence-corrected chi connectivity index (χ2v) is 14.4. The van der Waals surface area contributed by atoms with Crippen molar-refractivity contribution in [1.82, 2.24) is 0 Å². The predicted molar refractivity (Wildman–Crippen MR) is 218 cm³/mol. The van der Waals surface area contributed by atoms with Crippen LogP contribution in [0.5, 0.6) is 0 Å². The van der Waals surface area contributed by atoms with E-state index < -0.39 is 0 Å². The molecule has 0 heterocycles. The molecular weight excluding hydrogens is 613 g/mol. The third-order valence-electron chi connectivity index (χ3n) is 11.2. The summed E-state index contributed by atoms with van der Waals surface area (Å²) in [6.45, 7) is 4.79. The van der Waals surface area contributed by atoms with Crippen molar-refractivity contribution in [3.05, 3.63) is 193 Å². The minimum Gasteiger partial charge on any atom is -0.0622 e. The maximum absolute atomic E-state index is 2.43. The van der Waals surface area contributed by atoms with Gasteiger partial charge in [0.1, 0.15) is 0 Å². The fraction of sp³-hybridized carbons (Fsp3) is 0.0588. The summed E-state index contributed by atoms with van der Waals surface area (Å²) in [4.78, 5) is 0. The van der Waals surface area contributed by atoms with Crippen LogP contribution in [0.25, 0.3) is 88.0 Å². The van der Waals surface area contributed by atoms with Crippen LogP contribution >= 0.6 is 0 Å². The Kier molecular flexibility index (Phi) is 6.63. The van der Waals surface area contributed by atoms with Gasteiger partial charge >= 0.3 is 0 Å². The van der Waals surface area contributed by atoms with Crippen LogP contribution in [-0.4, -0.2) is 0 Å². The van der Waals surface area contributed by atoms with Crippen LogP contribution < -0.4 is 0 Å². The van der Waals surface area contributed by atoms with Crippen LogP contribution in [0.1, 0.15) is 25.0 Å². The molecule has 0 aliphatic heterocycles. The molecule has 0 spiro atoms. The molecule has 9 aromatic carbocycles. The summed E-state index contributed by atoms with van der Waals surface area (Å²) >= 11 is 0. The van der Waals surface area contributed by atoms with Crippen LogP contribution in [0.15, 0.2) is 182 Å². The van der Waals surface area contributed by atoms with E-state index in [1.165, 1.54) is 99.1 Å². The quantitative estimate of drug-likeness (QED) is 0.167. The molecule has 240 valence electrons. The molecule has 0 atom stereocenters.